The Kier molecular flexibility index (Phi) is 5.28. The molecule has 0 saturated carbocycles. The SMILES string of the molecule is CC(F)(F)c1cc(Cl)c(N2CCC(N)CC2)c(C=C2SC(=O)NC2=O)c1. The first-order valence-corrected chi connectivity index (χ1v) is 9.32. The molecule has 9 heteroatoms. The van der Waals surface area contributed by atoms with E-state index in [2.05, 4.69) is 5.32 Å². The van der Waals surface area contributed by atoms with E-state index in [4.69, 9.17) is 17.3 Å². The van der Waals surface area contributed by atoms with Crippen LogP contribution in [-0.2, 0) is 10.7 Å². The van der Waals surface area contributed by atoms with Gasteiger partial charge in [-0.05, 0) is 42.8 Å². The van der Waals surface area contributed by atoms with Crippen molar-refractivity contribution in [3.8, 4) is 0 Å². The summed E-state index contributed by atoms with van der Waals surface area (Å²) < 4.78 is 27.7. The fourth-order valence-corrected chi connectivity index (χ4v) is 4.02. The zero-order chi connectivity index (χ0) is 19.1. The standard InChI is InChI=1S/C17H18ClF2N3O2S/c1-17(19,20)10-6-9(7-13-15(24)22-16(25)26-13)14(12(18)8-10)23-4-2-11(21)3-5-23/h6-8,11H,2-5,21H2,1H3,(H,22,24,25). The molecule has 0 spiro atoms. The van der Waals surface area contributed by atoms with Gasteiger partial charge in [0.15, 0.2) is 0 Å². The Morgan fingerprint density at radius 2 is 2.00 bits per heavy atom. The van der Waals surface area contributed by atoms with Crippen LogP contribution in [0.3, 0.4) is 0 Å². The van der Waals surface area contributed by atoms with E-state index < -0.39 is 17.1 Å². The van der Waals surface area contributed by atoms with E-state index in [-0.39, 0.29) is 21.5 Å². The zero-order valence-corrected chi connectivity index (χ0v) is 15.6. The Morgan fingerprint density at radius 1 is 1.35 bits per heavy atom. The number of hydrogen-bond acceptors (Lipinski definition) is 5. The lowest BCUT2D eigenvalue weighted by Gasteiger charge is -2.34. The van der Waals surface area contributed by atoms with Gasteiger partial charge in [0, 0.05) is 37.2 Å². The molecular formula is C17H18ClF2N3O2S. The number of hydrogen-bond donors (Lipinski definition) is 2. The lowest BCUT2D eigenvalue weighted by atomic mass is 10.00. The number of piperidine rings is 1. The van der Waals surface area contributed by atoms with Gasteiger partial charge < -0.3 is 10.6 Å². The van der Waals surface area contributed by atoms with Crippen molar-refractivity contribution in [2.24, 2.45) is 5.73 Å². The Hall–Kier alpha value is -1.64. The summed E-state index contributed by atoms with van der Waals surface area (Å²) in [7, 11) is 0. The van der Waals surface area contributed by atoms with Gasteiger partial charge in [-0.15, -0.1) is 0 Å². The van der Waals surface area contributed by atoms with Gasteiger partial charge in [0.1, 0.15) is 0 Å². The molecule has 0 atom stereocenters. The number of nitrogens with one attached hydrogen (secondary N) is 1. The predicted octanol–water partition coefficient (Wildman–Crippen LogP) is 3.70. The Bertz CT molecular complexity index is 787. The van der Waals surface area contributed by atoms with Crippen molar-refractivity contribution >= 4 is 46.3 Å². The van der Waals surface area contributed by atoms with Crippen molar-refractivity contribution < 1.29 is 18.4 Å². The fourth-order valence-electron chi connectivity index (χ4n) is 3.00. The van der Waals surface area contributed by atoms with Crippen LogP contribution in [0.2, 0.25) is 5.02 Å². The molecule has 0 aliphatic carbocycles. The first kappa shape index (κ1) is 19.1. The topological polar surface area (TPSA) is 75.4 Å². The van der Waals surface area contributed by atoms with Crippen molar-refractivity contribution in [2.75, 3.05) is 18.0 Å². The number of thioether (sulfide) groups is 1. The fraction of sp³-hybridized carbons (Fsp3) is 0.412. The highest BCUT2D eigenvalue weighted by atomic mass is 35.5. The van der Waals surface area contributed by atoms with Gasteiger partial charge in [-0.2, -0.15) is 0 Å². The highest BCUT2D eigenvalue weighted by Gasteiger charge is 2.30. The average Bonchev–Trinajstić information content (AvgIpc) is 2.85. The van der Waals surface area contributed by atoms with E-state index in [1.54, 1.807) is 0 Å². The maximum atomic E-state index is 13.8. The molecule has 5 nitrogen and oxygen atoms in total. The summed E-state index contributed by atoms with van der Waals surface area (Å²) in [6, 6.07) is 2.67. The first-order chi connectivity index (χ1) is 12.1. The molecule has 2 fully saturated rings. The minimum atomic E-state index is -3.08. The van der Waals surface area contributed by atoms with Gasteiger partial charge in [-0.1, -0.05) is 11.6 Å². The lowest BCUT2D eigenvalue weighted by molar-refractivity contribution is -0.115. The van der Waals surface area contributed by atoms with Crippen LogP contribution in [0, 0.1) is 0 Å². The molecule has 2 aliphatic heterocycles. The zero-order valence-electron chi connectivity index (χ0n) is 14.0. The molecule has 0 aromatic heterocycles. The van der Waals surface area contributed by atoms with Crippen LogP contribution in [0.15, 0.2) is 17.0 Å². The minimum Gasteiger partial charge on any atom is -0.370 e. The third-order valence-electron chi connectivity index (χ3n) is 4.38. The number of carbonyl (C=O) groups is 2. The Balaban J connectivity index is 2.09. The molecule has 2 heterocycles. The second-order valence-electron chi connectivity index (χ2n) is 6.46. The van der Waals surface area contributed by atoms with Gasteiger partial charge in [-0.25, -0.2) is 8.78 Å². The van der Waals surface area contributed by atoms with Crippen LogP contribution in [0.5, 0.6) is 0 Å². The number of imide groups is 1. The number of alkyl halides is 2. The predicted molar refractivity (Wildman–Crippen MR) is 99.5 cm³/mol. The van der Waals surface area contributed by atoms with Gasteiger partial charge in [0.25, 0.3) is 17.1 Å². The number of rotatable bonds is 3. The number of nitrogens with zero attached hydrogens (tertiary/aromatic N) is 1. The number of amides is 2. The third-order valence-corrected chi connectivity index (χ3v) is 5.48. The van der Waals surface area contributed by atoms with E-state index in [1.165, 1.54) is 18.2 Å². The van der Waals surface area contributed by atoms with Crippen molar-refractivity contribution in [3.05, 3.63) is 33.2 Å². The molecule has 1 aromatic carbocycles. The molecule has 0 bridgehead atoms. The molecule has 26 heavy (non-hydrogen) atoms. The van der Waals surface area contributed by atoms with Crippen molar-refractivity contribution in [3.63, 3.8) is 0 Å². The van der Waals surface area contributed by atoms with Crippen LogP contribution in [-0.4, -0.2) is 30.3 Å². The van der Waals surface area contributed by atoms with E-state index in [9.17, 15) is 18.4 Å². The number of nitrogens with two attached hydrogens (primary N) is 1. The largest absolute Gasteiger partial charge is 0.370 e. The second kappa shape index (κ2) is 7.17. The average molecular weight is 402 g/mol. The summed E-state index contributed by atoms with van der Waals surface area (Å²) in [5.74, 6) is -3.63. The maximum Gasteiger partial charge on any atom is 0.290 e. The molecule has 1 aromatic rings. The van der Waals surface area contributed by atoms with Crippen LogP contribution < -0.4 is 16.0 Å². The molecule has 0 unspecified atom stereocenters. The van der Waals surface area contributed by atoms with Crippen LogP contribution in [0.4, 0.5) is 19.3 Å². The molecule has 0 radical (unpaired) electrons. The minimum absolute atomic E-state index is 0.0971. The molecule has 140 valence electrons. The number of anilines is 1. The highest BCUT2D eigenvalue weighted by Crippen LogP contribution is 2.40. The summed E-state index contributed by atoms with van der Waals surface area (Å²) in [5.41, 5.74) is 6.65. The Labute approximate surface area is 158 Å². The Morgan fingerprint density at radius 3 is 2.54 bits per heavy atom. The summed E-state index contributed by atoms with van der Waals surface area (Å²) >= 11 is 7.09. The molecule has 2 aliphatic rings. The van der Waals surface area contributed by atoms with Crippen molar-refractivity contribution in [2.45, 2.75) is 31.7 Å². The first-order valence-electron chi connectivity index (χ1n) is 8.12. The van der Waals surface area contributed by atoms with Crippen LogP contribution >= 0.6 is 23.4 Å². The van der Waals surface area contributed by atoms with Crippen molar-refractivity contribution in [1.82, 2.24) is 5.32 Å². The van der Waals surface area contributed by atoms with Gasteiger partial charge in [0.05, 0.1) is 15.6 Å². The van der Waals surface area contributed by atoms with Gasteiger partial charge >= 0.3 is 0 Å². The molecule has 3 rings (SSSR count). The molecule has 2 amide bonds. The summed E-state index contributed by atoms with van der Waals surface area (Å²) in [4.78, 5) is 25.4. The number of carbonyl (C=O) groups excluding carboxylic acids is 2. The monoisotopic (exact) mass is 401 g/mol. The van der Waals surface area contributed by atoms with E-state index in [0.717, 1.165) is 31.5 Å². The van der Waals surface area contributed by atoms with Crippen LogP contribution in [0.1, 0.15) is 30.9 Å². The molecular weight excluding hydrogens is 384 g/mol. The third kappa shape index (κ3) is 4.02. The van der Waals surface area contributed by atoms with Gasteiger partial charge in [-0.3, -0.25) is 14.9 Å². The van der Waals surface area contributed by atoms with E-state index in [0.29, 0.717) is 24.3 Å². The number of benzene rings is 1. The van der Waals surface area contributed by atoms with Crippen LogP contribution in [0.25, 0.3) is 6.08 Å². The maximum absolute atomic E-state index is 13.8. The number of halogens is 3. The molecule has 2 saturated heterocycles. The lowest BCUT2D eigenvalue weighted by Crippen LogP contribution is -2.40. The smallest absolute Gasteiger partial charge is 0.290 e. The van der Waals surface area contributed by atoms with E-state index in [1.807, 2.05) is 4.90 Å². The second-order valence-corrected chi connectivity index (χ2v) is 7.88. The quantitative estimate of drug-likeness (QED) is 0.755. The molecule has 3 N–H and O–H groups in total. The summed E-state index contributed by atoms with van der Waals surface area (Å²) in [6.45, 7) is 2.06. The van der Waals surface area contributed by atoms with Gasteiger partial charge in [0.2, 0.25) is 0 Å². The summed E-state index contributed by atoms with van der Waals surface area (Å²) in [5, 5.41) is 1.85. The van der Waals surface area contributed by atoms with E-state index >= 15 is 0 Å². The van der Waals surface area contributed by atoms with Crippen molar-refractivity contribution in [1.29, 1.82) is 0 Å². The summed E-state index contributed by atoms with van der Waals surface area (Å²) in [6.07, 6.45) is 2.95. The highest BCUT2D eigenvalue weighted by molar-refractivity contribution is 8.18. The normalized spacial score (nSPS) is 20.8.